The van der Waals surface area contributed by atoms with Gasteiger partial charge in [0.25, 0.3) is 0 Å². The number of benzene rings is 1. The van der Waals surface area contributed by atoms with Crippen molar-refractivity contribution in [3.63, 3.8) is 0 Å². The van der Waals surface area contributed by atoms with Gasteiger partial charge in [-0.25, -0.2) is 0 Å². The lowest BCUT2D eigenvalue weighted by molar-refractivity contribution is -0.128. The Morgan fingerprint density at radius 3 is 2.85 bits per heavy atom. The maximum Gasteiger partial charge on any atom is 0.241 e. The Morgan fingerprint density at radius 1 is 1.25 bits per heavy atom. The fourth-order valence-electron chi connectivity index (χ4n) is 4.09. The molecular weight excluding hydrogens is 248 g/mol. The summed E-state index contributed by atoms with van der Waals surface area (Å²) in [5.74, 6) is 0.983. The van der Waals surface area contributed by atoms with Gasteiger partial charge in [-0.05, 0) is 17.9 Å². The van der Waals surface area contributed by atoms with Gasteiger partial charge >= 0.3 is 0 Å². The summed E-state index contributed by atoms with van der Waals surface area (Å²) in [6.07, 6.45) is 5.51. The van der Waals surface area contributed by atoms with Crippen LogP contribution in [0.2, 0.25) is 0 Å². The second-order valence-corrected chi connectivity index (χ2v) is 5.97. The third-order valence-corrected chi connectivity index (χ3v) is 4.86. The van der Waals surface area contributed by atoms with Crippen molar-refractivity contribution in [3.8, 4) is 0 Å². The summed E-state index contributed by atoms with van der Waals surface area (Å²) in [6, 6.07) is 10.6. The van der Waals surface area contributed by atoms with Crippen molar-refractivity contribution in [1.82, 2.24) is 10.2 Å². The Balaban J connectivity index is 1.70. The Hall–Kier alpha value is -1.87. The first kappa shape index (κ1) is 11.9. The molecule has 2 heterocycles. The summed E-state index contributed by atoms with van der Waals surface area (Å²) < 4.78 is 0. The highest BCUT2D eigenvalue weighted by atomic mass is 16.2. The summed E-state index contributed by atoms with van der Waals surface area (Å²) in [6.45, 7) is 4.91. The zero-order chi connectivity index (χ0) is 13.7. The molecule has 0 radical (unpaired) electrons. The molecule has 3 heteroatoms. The molecule has 0 saturated carbocycles. The van der Waals surface area contributed by atoms with Crippen LogP contribution in [0, 0.1) is 11.8 Å². The van der Waals surface area contributed by atoms with E-state index in [1.165, 1.54) is 5.56 Å². The Morgan fingerprint density at radius 2 is 2.05 bits per heavy atom. The van der Waals surface area contributed by atoms with E-state index in [4.69, 9.17) is 0 Å². The van der Waals surface area contributed by atoms with Crippen molar-refractivity contribution >= 4 is 5.91 Å². The van der Waals surface area contributed by atoms with Crippen LogP contribution in [-0.4, -0.2) is 22.9 Å². The Labute approximate surface area is 119 Å². The zero-order valence-corrected chi connectivity index (χ0v) is 11.3. The van der Waals surface area contributed by atoms with Gasteiger partial charge in [-0.3, -0.25) is 9.69 Å². The first-order valence-electron chi connectivity index (χ1n) is 7.22. The number of rotatable bonds is 2. The third kappa shape index (κ3) is 1.59. The molecule has 4 atom stereocenters. The van der Waals surface area contributed by atoms with Gasteiger partial charge in [0.05, 0.1) is 12.1 Å². The van der Waals surface area contributed by atoms with Gasteiger partial charge in [0.15, 0.2) is 0 Å². The second kappa shape index (κ2) is 4.32. The van der Waals surface area contributed by atoms with E-state index in [1.807, 2.05) is 6.07 Å². The van der Waals surface area contributed by atoms with Crippen LogP contribution in [0.3, 0.4) is 0 Å². The largest absolute Gasteiger partial charge is 0.327 e. The number of amides is 1. The summed E-state index contributed by atoms with van der Waals surface area (Å²) in [4.78, 5) is 14.7. The molecule has 3 nitrogen and oxygen atoms in total. The monoisotopic (exact) mass is 266 g/mol. The number of hydrogen-bond acceptors (Lipinski definition) is 2. The van der Waals surface area contributed by atoms with E-state index in [2.05, 4.69) is 53.2 Å². The maximum absolute atomic E-state index is 12.4. The molecule has 2 aliphatic heterocycles. The average molecular weight is 266 g/mol. The molecule has 20 heavy (non-hydrogen) atoms. The van der Waals surface area contributed by atoms with Crippen LogP contribution in [0.4, 0.5) is 0 Å². The molecule has 1 aromatic carbocycles. The number of nitrogens with one attached hydrogen (secondary N) is 1. The minimum Gasteiger partial charge on any atom is -0.327 e. The standard InChI is InChI=1S/C17H18N2O/c1-11-15-13-8-5-9-14(13)16(17(20)18-11)19(15)10-12-6-3-2-4-7-12/h2-8,13-16H,1,9-10H2,(H,18,20)/t13-,14+,15-,16-/m0/s1. The van der Waals surface area contributed by atoms with Gasteiger partial charge in [0.2, 0.25) is 5.91 Å². The van der Waals surface area contributed by atoms with Crippen molar-refractivity contribution in [1.29, 1.82) is 0 Å². The molecule has 3 aliphatic rings. The number of piperazine rings is 1. The SMILES string of the molecule is C=C1NC(=O)[C@@H]2[C@@H]3CC=C[C@@H]3[C@H]1N2Cc1ccccc1. The van der Waals surface area contributed by atoms with Crippen LogP contribution in [-0.2, 0) is 11.3 Å². The van der Waals surface area contributed by atoms with E-state index in [0.717, 1.165) is 18.7 Å². The van der Waals surface area contributed by atoms with Crippen LogP contribution in [0.1, 0.15) is 12.0 Å². The molecule has 0 unspecified atom stereocenters. The maximum atomic E-state index is 12.4. The highest BCUT2D eigenvalue weighted by Gasteiger charge is 2.55. The van der Waals surface area contributed by atoms with Gasteiger partial charge < -0.3 is 5.32 Å². The van der Waals surface area contributed by atoms with Gasteiger partial charge in [-0.2, -0.15) is 0 Å². The molecule has 1 aromatic rings. The summed E-state index contributed by atoms with van der Waals surface area (Å²) in [5, 5.41) is 2.98. The van der Waals surface area contributed by atoms with Crippen molar-refractivity contribution in [2.24, 2.45) is 11.8 Å². The Bertz CT molecular complexity index is 592. The van der Waals surface area contributed by atoms with Crippen LogP contribution < -0.4 is 5.32 Å². The molecule has 0 spiro atoms. The van der Waals surface area contributed by atoms with E-state index in [1.54, 1.807) is 0 Å². The normalized spacial score (nSPS) is 35.2. The van der Waals surface area contributed by atoms with Crippen molar-refractivity contribution in [2.75, 3.05) is 0 Å². The molecule has 2 saturated heterocycles. The Kier molecular flexibility index (Phi) is 2.57. The van der Waals surface area contributed by atoms with E-state index >= 15 is 0 Å². The molecule has 4 rings (SSSR count). The summed E-state index contributed by atoms with van der Waals surface area (Å²) in [5.41, 5.74) is 2.12. The summed E-state index contributed by atoms with van der Waals surface area (Å²) in [7, 11) is 0. The average Bonchev–Trinajstić information content (AvgIpc) is 2.96. The van der Waals surface area contributed by atoms with Crippen LogP contribution in [0.25, 0.3) is 0 Å². The van der Waals surface area contributed by atoms with Crippen molar-refractivity contribution in [2.45, 2.75) is 25.0 Å². The lowest BCUT2D eigenvalue weighted by Crippen LogP contribution is -2.54. The highest BCUT2D eigenvalue weighted by Crippen LogP contribution is 2.47. The first-order chi connectivity index (χ1) is 9.75. The number of carbonyl (C=O) groups is 1. The van der Waals surface area contributed by atoms with Crippen molar-refractivity contribution < 1.29 is 4.79 Å². The predicted molar refractivity (Wildman–Crippen MR) is 77.6 cm³/mol. The first-order valence-corrected chi connectivity index (χ1v) is 7.22. The van der Waals surface area contributed by atoms with E-state index in [9.17, 15) is 4.79 Å². The second-order valence-electron chi connectivity index (χ2n) is 5.97. The fourth-order valence-corrected chi connectivity index (χ4v) is 4.09. The minimum atomic E-state index is -0.00861. The lowest BCUT2D eigenvalue weighted by Gasteiger charge is -2.37. The molecule has 1 amide bonds. The predicted octanol–water partition coefficient (Wildman–Crippen LogP) is 2.08. The number of nitrogens with zero attached hydrogens (tertiary/aromatic N) is 1. The van der Waals surface area contributed by atoms with E-state index in [-0.39, 0.29) is 18.0 Å². The van der Waals surface area contributed by atoms with Gasteiger partial charge in [-0.15, -0.1) is 0 Å². The lowest BCUT2D eigenvalue weighted by atomic mass is 9.90. The smallest absolute Gasteiger partial charge is 0.241 e. The number of fused-ring (bicyclic) bond motifs is 5. The molecule has 2 bridgehead atoms. The minimum absolute atomic E-state index is 0.00861. The van der Waals surface area contributed by atoms with Crippen LogP contribution >= 0.6 is 0 Å². The fraction of sp³-hybridized carbons (Fsp3) is 0.353. The molecule has 1 N–H and O–H groups in total. The van der Waals surface area contributed by atoms with E-state index < -0.39 is 0 Å². The molecule has 1 aliphatic carbocycles. The van der Waals surface area contributed by atoms with Gasteiger partial charge in [-0.1, -0.05) is 49.1 Å². The zero-order valence-electron chi connectivity index (χ0n) is 11.3. The highest BCUT2D eigenvalue weighted by molar-refractivity contribution is 5.86. The van der Waals surface area contributed by atoms with Crippen LogP contribution in [0.15, 0.2) is 54.8 Å². The topological polar surface area (TPSA) is 32.3 Å². The quantitative estimate of drug-likeness (QED) is 0.831. The van der Waals surface area contributed by atoms with Crippen LogP contribution in [0.5, 0.6) is 0 Å². The number of allylic oxidation sites excluding steroid dienone is 1. The molecule has 102 valence electrons. The van der Waals surface area contributed by atoms with Gasteiger partial charge in [0.1, 0.15) is 0 Å². The molecule has 2 fully saturated rings. The van der Waals surface area contributed by atoms with Gasteiger partial charge in [0, 0.05) is 18.2 Å². The summed E-state index contributed by atoms with van der Waals surface area (Å²) >= 11 is 0. The van der Waals surface area contributed by atoms with E-state index in [0.29, 0.717) is 11.8 Å². The molecular formula is C17H18N2O. The third-order valence-electron chi connectivity index (χ3n) is 4.86. The van der Waals surface area contributed by atoms with Crippen molar-refractivity contribution in [3.05, 3.63) is 60.3 Å². The number of carbonyl (C=O) groups excluding carboxylic acids is 1. The molecule has 0 aromatic heterocycles. The number of hydrogen-bond donors (Lipinski definition) is 1.